The maximum absolute atomic E-state index is 6.16. The lowest BCUT2D eigenvalue weighted by Crippen LogP contribution is -2.31. The van der Waals surface area contributed by atoms with Crippen LogP contribution < -0.4 is 10.7 Å². The van der Waals surface area contributed by atoms with Gasteiger partial charge in [-0.15, -0.1) is 0 Å². The van der Waals surface area contributed by atoms with Crippen LogP contribution >= 0.6 is 11.6 Å². The smallest absolute Gasteiger partial charge is 0.156 e. The molecule has 0 fully saturated rings. The molecule has 2 aromatic rings. The minimum absolute atomic E-state index is 0.440. The van der Waals surface area contributed by atoms with E-state index in [1.54, 1.807) is 0 Å². The molecule has 0 radical (unpaired) electrons. The number of hydrogen-bond acceptors (Lipinski definition) is 2. The van der Waals surface area contributed by atoms with Gasteiger partial charge in [-0.1, -0.05) is 54.1 Å². The van der Waals surface area contributed by atoms with Crippen molar-refractivity contribution in [1.82, 2.24) is 9.97 Å². The normalized spacial score (nSPS) is 13.1. The summed E-state index contributed by atoms with van der Waals surface area (Å²) in [4.78, 5) is 8.91. The van der Waals surface area contributed by atoms with Gasteiger partial charge in [0.25, 0.3) is 0 Å². The van der Waals surface area contributed by atoms with E-state index in [1.807, 2.05) is 56.3 Å². The number of benzene rings is 1. The molecule has 17 heavy (non-hydrogen) atoms. The van der Waals surface area contributed by atoms with E-state index < -0.39 is 0 Å². The monoisotopic (exact) mass is 244 g/mol. The lowest BCUT2D eigenvalue weighted by Gasteiger charge is -2.03. The van der Waals surface area contributed by atoms with E-state index in [1.165, 1.54) is 0 Å². The second-order valence-corrected chi connectivity index (χ2v) is 3.93. The Morgan fingerprint density at radius 3 is 2.12 bits per heavy atom. The number of halogens is 1. The zero-order valence-electron chi connectivity index (χ0n) is 9.81. The molecule has 0 bridgehead atoms. The average Bonchev–Trinajstić information content (AvgIpc) is 2.39. The van der Waals surface area contributed by atoms with Crippen LogP contribution in [0.25, 0.3) is 23.4 Å². The Kier molecular flexibility index (Phi) is 3.55. The summed E-state index contributed by atoms with van der Waals surface area (Å²) in [5.74, 6) is 0. The summed E-state index contributed by atoms with van der Waals surface area (Å²) in [6, 6.07) is 9.84. The van der Waals surface area contributed by atoms with Crippen LogP contribution in [0.2, 0.25) is 5.15 Å². The lowest BCUT2D eigenvalue weighted by atomic mass is 10.1. The van der Waals surface area contributed by atoms with E-state index in [-0.39, 0.29) is 0 Å². The first-order valence-corrected chi connectivity index (χ1v) is 5.85. The summed E-state index contributed by atoms with van der Waals surface area (Å²) in [6.45, 7) is 3.87. The molecule has 0 N–H and O–H groups in total. The van der Waals surface area contributed by atoms with Crippen LogP contribution in [0.1, 0.15) is 13.8 Å². The minimum atomic E-state index is 0.440. The summed E-state index contributed by atoms with van der Waals surface area (Å²) in [5, 5.41) is 2.11. The molecule has 2 rings (SSSR count). The molecule has 1 aromatic heterocycles. The van der Waals surface area contributed by atoms with Crippen LogP contribution in [0.15, 0.2) is 30.3 Å². The molecule has 2 nitrogen and oxygen atoms in total. The van der Waals surface area contributed by atoms with Gasteiger partial charge in [-0.2, -0.15) is 0 Å². The molecule has 0 aliphatic heterocycles. The second-order valence-electron chi connectivity index (χ2n) is 3.58. The van der Waals surface area contributed by atoms with Crippen molar-refractivity contribution < 1.29 is 0 Å². The minimum Gasteiger partial charge on any atom is -0.243 e. The lowest BCUT2D eigenvalue weighted by molar-refractivity contribution is 1.10. The fraction of sp³-hybridized carbons (Fsp3) is 0.143. The third kappa shape index (κ3) is 2.37. The van der Waals surface area contributed by atoms with Gasteiger partial charge in [0.15, 0.2) is 5.15 Å². The van der Waals surface area contributed by atoms with E-state index in [0.717, 1.165) is 22.0 Å². The highest BCUT2D eigenvalue weighted by Crippen LogP contribution is 2.20. The molecule has 0 saturated heterocycles. The van der Waals surface area contributed by atoms with Crippen molar-refractivity contribution in [3.63, 3.8) is 0 Å². The summed E-state index contributed by atoms with van der Waals surface area (Å²) in [5.41, 5.74) is 1.71. The number of hydrogen-bond donors (Lipinski definition) is 0. The van der Waals surface area contributed by atoms with Gasteiger partial charge in [0, 0.05) is 5.56 Å². The molecular weight excluding hydrogens is 232 g/mol. The average molecular weight is 245 g/mol. The van der Waals surface area contributed by atoms with Gasteiger partial charge in [0.1, 0.15) is 5.69 Å². The zero-order chi connectivity index (χ0) is 12.3. The number of rotatable bonds is 1. The largest absolute Gasteiger partial charge is 0.243 e. The van der Waals surface area contributed by atoms with Crippen molar-refractivity contribution in [3.05, 3.63) is 46.2 Å². The van der Waals surface area contributed by atoms with Gasteiger partial charge >= 0.3 is 0 Å². The Morgan fingerprint density at radius 1 is 0.941 bits per heavy atom. The van der Waals surface area contributed by atoms with Gasteiger partial charge in [0.2, 0.25) is 0 Å². The predicted octanol–water partition coefficient (Wildman–Crippen LogP) is 2.40. The van der Waals surface area contributed by atoms with Gasteiger partial charge in [0.05, 0.1) is 10.7 Å². The van der Waals surface area contributed by atoms with Gasteiger partial charge in [-0.25, -0.2) is 9.97 Å². The van der Waals surface area contributed by atoms with Crippen molar-refractivity contribution in [2.75, 3.05) is 0 Å². The SMILES string of the molecule is C/C=c1/nc(Cl)c(-c2ccccc2)n/c1=C/C. The molecule has 0 unspecified atom stereocenters. The third-order valence-corrected chi connectivity index (χ3v) is 2.77. The summed E-state index contributed by atoms with van der Waals surface area (Å²) >= 11 is 6.16. The van der Waals surface area contributed by atoms with E-state index in [2.05, 4.69) is 9.97 Å². The predicted molar refractivity (Wildman–Crippen MR) is 72.0 cm³/mol. The highest BCUT2D eigenvalue weighted by atomic mass is 35.5. The van der Waals surface area contributed by atoms with Crippen LogP contribution in [0.4, 0.5) is 0 Å². The molecule has 0 atom stereocenters. The highest BCUT2D eigenvalue weighted by molar-refractivity contribution is 6.31. The van der Waals surface area contributed by atoms with E-state index in [9.17, 15) is 0 Å². The third-order valence-electron chi connectivity index (χ3n) is 2.50. The molecular formula is C14H13ClN2. The fourth-order valence-corrected chi connectivity index (χ4v) is 1.89. The van der Waals surface area contributed by atoms with Gasteiger partial charge < -0.3 is 0 Å². The number of nitrogens with zero attached hydrogens (tertiary/aromatic N) is 2. The Hall–Kier alpha value is -1.67. The van der Waals surface area contributed by atoms with Crippen LogP contribution in [-0.4, -0.2) is 9.97 Å². The topological polar surface area (TPSA) is 25.8 Å². The molecule has 0 aliphatic carbocycles. The number of aromatic nitrogens is 2. The quantitative estimate of drug-likeness (QED) is 0.770. The van der Waals surface area contributed by atoms with Crippen LogP contribution in [0, 0.1) is 0 Å². The zero-order valence-corrected chi connectivity index (χ0v) is 10.6. The van der Waals surface area contributed by atoms with Crippen molar-refractivity contribution in [3.8, 4) is 11.3 Å². The molecule has 0 amide bonds. The van der Waals surface area contributed by atoms with Gasteiger partial charge in [-0.3, -0.25) is 0 Å². The Bertz CT molecular complexity index is 633. The molecule has 1 heterocycles. The van der Waals surface area contributed by atoms with Crippen molar-refractivity contribution >= 4 is 23.8 Å². The summed E-state index contributed by atoms with van der Waals surface area (Å²) in [7, 11) is 0. The van der Waals surface area contributed by atoms with E-state index in [4.69, 9.17) is 11.6 Å². The van der Waals surface area contributed by atoms with Crippen molar-refractivity contribution in [1.29, 1.82) is 0 Å². The first-order valence-electron chi connectivity index (χ1n) is 5.48. The molecule has 1 aromatic carbocycles. The van der Waals surface area contributed by atoms with Crippen LogP contribution in [-0.2, 0) is 0 Å². The van der Waals surface area contributed by atoms with Gasteiger partial charge in [-0.05, 0) is 13.8 Å². The van der Waals surface area contributed by atoms with Crippen LogP contribution in [0.3, 0.4) is 0 Å². The molecule has 0 saturated carbocycles. The first kappa shape index (κ1) is 11.8. The molecule has 3 heteroatoms. The second kappa shape index (κ2) is 5.11. The summed E-state index contributed by atoms with van der Waals surface area (Å²) in [6.07, 6.45) is 3.84. The highest BCUT2D eigenvalue weighted by Gasteiger charge is 2.06. The van der Waals surface area contributed by atoms with Crippen molar-refractivity contribution in [2.45, 2.75) is 13.8 Å². The van der Waals surface area contributed by atoms with Crippen molar-refractivity contribution in [2.24, 2.45) is 0 Å². The molecule has 0 aliphatic rings. The van der Waals surface area contributed by atoms with Crippen LogP contribution in [0.5, 0.6) is 0 Å². The molecule has 86 valence electrons. The Labute approximate surface area is 105 Å². The Morgan fingerprint density at radius 2 is 1.53 bits per heavy atom. The fourth-order valence-electron chi connectivity index (χ4n) is 1.64. The maximum atomic E-state index is 6.16. The molecule has 0 spiro atoms. The van der Waals surface area contributed by atoms with E-state index in [0.29, 0.717) is 5.15 Å². The van der Waals surface area contributed by atoms with E-state index >= 15 is 0 Å². The maximum Gasteiger partial charge on any atom is 0.156 e. The summed E-state index contributed by atoms with van der Waals surface area (Å²) < 4.78 is 0. The Balaban J connectivity index is 2.74. The standard InChI is InChI=1S/C14H13ClN2/c1-3-11-12(4-2)17-14(15)13(16-11)10-8-6-5-7-9-10/h3-9H,1-2H3/b11-3+,12-4+. The first-order chi connectivity index (χ1) is 8.26.